The molecule has 116 valence electrons. The number of carbonyl (C=O) groups is 1. The summed E-state index contributed by atoms with van der Waals surface area (Å²) in [6.45, 7) is 4.37. The Morgan fingerprint density at radius 3 is 2.90 bits per heavy atom. The van der Waals surface area contributed by atoms with Gasteiger partial charge >= 0.3 is 0 Å². The van der Waals surface area contributed by atoms with Crippen molar-refractivity contribution >= 4 is 5.91 Å². The molecule has 1 N–H and O–H groups in total. The molecule has 2 fully saturated rings. The quantitative estimate of drug-likeness (QED) is 0.924. The highest BCUT2D eigenvalue weighted by atomic mass is 16.2. The van der Waals surface area contributed by atoms with E-state index in [-0.39, 0.29) is 11.9 Å². The van der Waals surface area contributed by atoms with Gasteiger partial charge in [0.1, 0.15) is 0 Å². The lowest BCUT2D eigenvalue weighted by Gasteiger charge is -2.32. The zero-order valence-corrected chi connectivity index (χ0v) is 12.9. The van der Waals surface area contributed by atoms with Gasteiger partial charge in [-0.25, -0.2) is 0 Å². The molecule has 5 heteroatoms. The summed E-state index contributed by atoms with van der Waals surface area (Å²) in [5, 5.41) is 7.99. The van der Waals surface area contributed by atoms with E-state index in [0.29, 0.717) is 12.6 Å². The predicted octanol–water partition coefficient (Wildman–Crippen LogP) is 2.10. The van der Waals surface area contributed by atoms with Gasteiger partial charge in [0.05, 0.1) is 24.3 Å². The van der Waals surface area contributed by atoms with Crippen LogP contribution in [0.5, 0.6) is 0 Å². The SMILES string of the molecule is CCC1NCCN(Cc2ccn(C3CCCCC3)n2)C1=O. The van der Waals surface area contributed by atoms with Gasteiger partial charge in [-0.2, -0.15) is 5.10 Å². The standard InChI is InChI=1S/C16H26N4O/c1-2-15-16(21)19(11-9-17-15)12-13-8-10-20(18-13)14-6-4-3-5-7-14/h8,10,14-15,17H,2-7,9,11-12H2,1H3. The van der Waals surface area contributed by atoms with E-state index in [1.54, 1.807) is 0 Å². The van der Waals surface area contributed by atoms with Crippen LogP contribution in [0.3, 0.4) is 0 Å². The third-order valence-electron chi connectivity index (χ3n) is 4.76. The number of hydrogen-bond acceptors (Lipinski definition) is 3. The molecule has 1 unspecified atom stereocenters. The van der Waals surface area contributed by atoms with Gasteiger partial charge in [0.2, 0.25) is 5.91 Å². The fraction of sp³-hybridized carbons (Fsp3) is 0.750. The molecular weight excluding hydrogens is 264 g/mol. The molecule has 0 radical (unpaired) electrons. The molecule has 1 aromatic rings. The summed E-state index contributed by atoms with van der Waals surface area (Å²) in [7, 11) is 0. The van der Waals surface area contributed by atoms with Crippen LogP contribution in [-0.2, 0) is 11.3 Å². The lowest BCUT2D eigenvalue weighted by molar-refractivity contribution is -0.136. The van der Waals surface area contributed by atoms with E-state index in [4.69, 9.17) is 5.10 Å². The zero-order valence-electron chi connectivity index (χ0n) is 12.9. The fourth-order valence-corrected chi connectivity index (χ4v) is 3.47. The third kappa shape index (κ3) is 3.28. The Bertz CT molecular complexity index is 478. The second kappa shape index (κ2) is 6.60. The molecule has 1 aromatic heterocycles. The van der Waals surface area contributed by atoms with Gasteiger partial charge in [-0.05, 0) is 25.3 Å². The van der Waals surface area contributed by atoms with Crippen LogP contribution in [0.25, 0.3) is 0 Å². The van der Waals surface area contributed by atoms with Crippen LogP contribution in [0.1, 0.15) is 57.2 Å². The Balaban J connectivity index is 1.62. The smallest absolute Gasteiger partial charge is 0.240 e. The van der Waals surface area contributed by atoms with Crippen molar-refractivity contribution in [3.63, 3.8) is 0 Å². The van der Waals surface area contributed by atoms with Crippen molar-refractivity contribution in [2.45, 2.75) is 64.1 Å². The summed E-state index contributed by atoms with van der Waals surface area (Å²) in [5.74, 6) is 0.218. The van der Waals surface area contributed by atoms with Gasteiger partial charge in [0, 0.05) is 19.3 Å². The van der Waals surface area contributed by atoms with E-state index in [9.17, 15) is 4.79 Å². The molecule has 1 saturated carbocycles. The summed E-state index contributed by atoms with van der Waals surface area (Å²) >= 11 is 0. The number of piperazine rings is 1. The minimum atomic E-state index is -0.0146. The number of carbonyl (C=O) groups excluding carboxylic acids is 1. The normalized spacial score (nSPS) is 24.5. The fourth-order valence-electron chi connectivity index (χ4n) is 3.47. The number of nitrogens with one attached hydrogen (secondary N) is 1. The second-order valence-corrected chi connectivity index (χ2v) is 6.25. The Hall–Kier alpha value is -1.36. The monoisotopic (exact) mass is 290 g/mol. The molecule has 0 aromatic carbocycles. The molecule has 21 heavy (non-hydrogen) atoms. The lowest BCUT2D eigenvalue weighted by Crippen LogP contribution is -2.54. The average molecular weight is 290 g/mol. The zero-order chi connectivity index (χ0) is 14.7. The van der Waals surface area contributed by atoms with Crippen molar-refractivity contribution < 1.29 is 4.79 Å². The molecule has 1 atom stereocenters. The molecule has 1 saturated heterocycles. The van der Waals surface area contributed by atoms with Crippen LogP contribution in [0, 0.1) is 0 Å². The van der Waals surface area contributed by atoms with Crippen LogP contribution in [-0.4, -0.2) is 39.7 Å². The van der Waals surface area contributed by atoms with Gasteiger partial charge < -0.3 is 10.2 Å². The maximum atomic E-state index is 12.3. The predicted molar refractivity (Wildman–Crippen MR) is 81.8 cm³/mol. The van der Waals surface area contributed by atoms with E-state index in [1.807, 2.05) is 4.90 Å². The third-order valence-corrected chi connectivity index (χ3v) is 4.76. The first kappa shape index (κ1) is 14.6. The lowest BCUT2D eigenvalue weighted by atomic mass is 9.96. The van der Waals surface area contributed by atoms with E-state index in [0.717, 1.165) is 25.2 Å². The minimum absolute atomic E-state index is 0.0146. The Morgan fingerprint density at radius 2 is 2.14 bits per heavy atom. The summed E-state index contributed by atoms with van der Waals surface area (Å²) in [6.07, 6.45) is 9.42. The van der Waals surface area contributed by atoms with Crippen LogP contribution in [0.15, 0.2) is 12.3 Å². The molecule has 1 aliphatic carbocycles. The highest BCUT2D eigenvalue weighted by Gasteiger charge is 2.27. The summed E-state index contributed by atoms with van der Waals surface area (Å²) in [5.41, 5.74) is 1.02. The number of aromatic nitrogens is 2. The molecule has 2 heterocycles. The van der Waals surface area contributed by atoms with Gasteiger partial charge in [0.15, 0.2) is 0 Å². The molecule has 3 rings (SSSR count). The van der Waals surface area contributed by atoms with Crippen molar-refractivity contribution in [2.24, 2.45) is 0 Å². The molecule has 0 spiro atoms. The first-order valence-electron chi connectivity index (χ1n) is 8.34. The highest BCUT2D eigenvalue weighted by Crippen LogP contribution is 2.27. The van der Waals surface area contributed by atoms with E-state index < -0.39 is 0 Å². The van der Waals surface area contributed by atoms with E-state index in [1.165, 1.54) is 32.1 Å². The molecule has 1 amide bonds. The van der Waals surface area contributed by atoms with Gasteiger partial charge in [-0.1, -0.05) is 26.2 Å². The summed E-state index contributed by atoms with van der Waals surface area (Å²) in [6, 6.07) is 2.62. The van der Waals surface area contributed by atoms with Crippen molar-refractivity contribution in [3.8, 4) is 0 Å². The van der Waals surface area contributed by atoms with Crippen molar-refractivity contribution in [3.05, 3.63) is 18.0 Å². The molecule has 2 aliphatic rings. The van der Waals surface area contributed by atoms with Crippen molar-refractivity contribution in [1.29, 1.82) is 0 Å². The number of hydrogen-bond donors (Lipinski definition) is 1. The maximum absolute atomic E-state index is 12.3. The van der Waals surface area contributed by atoms with Crippen LogP contribution in [0.4, 0.5) is 0 Å². The summed E-state index contributed by atoms with van der Waals surface area (Å²) in [4.78, 5) is 14.2. The van der Waals surface area contributed by atoms with E-state index in [2.05, 4.69) is 29.2 Å². The molecular formula is C16H26N4O. The van der Waals surface area contributed by atoms with Gasteiger partial charge in [0.25, 0.3) is 0 Å². The van der Waals surface area contributed by atoms with E-state index >= 15 is 0 Å². The van der Waals surface area contributed by atoms with Crippen LogP contribution < -0.4 is 5.32 Å². The molecule has 0 bridgehead atoms. The topological polar surface area (TPSA) is 50.2 Å². The first-order valence-corrected chi connectivity index (χ1v) is 8.34. The Morgan fingerprint density at radius 1 is 1.33 bits per heavy atom. The minimum Gasteiger partial charge on any atom is -0.334 e. The Kier molecular flexibility index (Phi) is 4.58. The highest BCUT2D eigenvalue weighted by molar-refractivity contribution is 5.82. The number of rotatable bonds is 4. The maximum Gasteiger partial charge on any atom is 0.240 e. The number of nitrogens with zero attached hydrogens (tertiary/aromatic N) is 3. The second-order valence-electron chi connectivity index (χ2n) is 6.25. The first-order chi connectivity index (χ1) is 10.3. The average Bonchev–Trinajstić information content (AvgIpc) is 2.99. The Labute approximate surface area is 126 Å². The van der Waals surface area contributed by atoms with Crippen molar-refractivity contribution in [2.75, 3.05) is 13.1 Å². The largest absolute Gasteiger partial charge is 0.334 e. The van der Waals surface area contributed by atoms with Crippen LogP contribution >= 0.6 is 0 Å². The molecule has 5 nitrogen and oxygen atoms in total. The number of amides is 1. The van der Waals surface area contributed by atoms with Crippen LogP contribution in [0.2, 0.25) is 0 Å². The molecule has 1 aliphatic heterocycles. The van der Waals surface area contributed by atoms with Gasteiger partial charge in [-0.15, -0.1) is 0 Å². The van der Waals surface area contributed by atoms with Gasteiger partial charge in [-0.3, -0.25) is 9.48 Å². The van der Waals surface area contributed by atoms with Crippen molar-refractivity contribution in [1.82, 2.24) is 20.0 Å². The summed E-state index contributed by atoms with van der Waals surface area (Å²) < 4.78 is 2.12.